The van der Waals surface area contributed by atoms with E-state index in [0.29, 0.717) is 5.56 Å². The van der Waals surface area contributed by atoms with Crippen LogP contribution < -0.4 is 78.7 Å². The van der Waals surface area contributed by atoms with Crippen molar-refractivity contribution in [3.63, 3.8) is 0 Å². The van der Waals surface area contributed by atoms with Gasteiger partial charge in [-0.1, -0.05) is 84.9 Å². The second-order valence-electron chi connectivity index (χ2n) is 11.8. The van der Waals surface area contributed by atoms with Crippen molar-refractivity contribution in [1.82, 2.24) is 25.1 Å². The maximum absolute atomic E-state index is 14.5. The second-order valence-corrected chi connectivity index (χ2v) is 12.8. The van der Waals surface area contributed by atoms with Crippen molar-refractivity contribution in [3.05, 3.63) is 114 Å². The molecule has 2 heterocycles. The fraction of sp³-hybridized carbons (Fsp3) is 0.265. The minimum absolute atomic E-state index is 0. The van der Waals surface area contributed by atoms with Crippen LogP contribution in [-0.2, 0) is 33.7 Å². The van der Waals surface area contributed by atoms with E-state index in [0.717, 1.165) is 21.9 Å². The summed E-state index contributed by atoms with van der Waals surface area (Å²) in [4.78, 5) is 67.5. The molecule has 0 aliphatic carbocycles. The van der Waals surface area contributed by atoms with Crippen molar-refractivity contribution >= 4 is 36.4 Å². The molecule has 0 radical (unpaired) electrons. The molecule has 0 saturated carbocycles. The Morgan fingerprint density at radius 2 is 1.55 bits per heavy atom. The normalized spacial score (nSPS) is 19.5. The van der Waals surface area contributed by atoms with Gasteiger partial charge in [-0.15, -0.1) is 0 Å². The Bertz CT molecular complexity index is 1840. The number of amides is 4. The van der Waals surface area contributed by atoms with E-state index in [4.69, 9.17) is 0 Å². The van der Waals surface area contributed by atoms with E-state index in [1.54, 1.807) is 29.1 Å². The van der Waals surface area contributed by atoms with E-state index in [2.05, 4.69) is 9.84 Å². The van der Waals surface area contributed by atoms with Crippen LogP contribution in [0.4, 0.5) is 4.79 Å². The van der Waals surface area contributed by atoms with Gasteiger partial charge in [0.1, 0.15) is 25.8 Å². The van der Waals surface area contributed by atoms with Crippen molar-refractivity contribution in [2.24, 2.45) is 0 Å². The number of carbonyl (C=O) groups excluding carboxylic acids is 3. The molecule has 4 aromatic carbocycles. The van der Waals surface area contributed by atoms with E-state index in [9.17, 15) is 28.7 Å². The third-order valence-electron chi connectivity index (χ3n) is 8.67. The van der Waals surface area contributed by atoms with Crippen molar-refractivity contribution < 1.29 is 92.4 Å². The topological polar surface area (TPSA) is 149 Å². The zero-order valence-electron chi connectivity index (χ0n) is 27.9. The summed E-state index contributed by atoms with van der Waals surface area (Å²) in [5.41, 5.74) is 2.44. The summed E-state index contributed by atoms with van der Waals surface area (Å²) in [5.74, 6) is -0.746. The van der Waals surface area contributed by atoms with Crippen LogP contribution in [0, 0.1) is 0 Å². The first-order chi connectivity index (χ1) is 22.5. The molecule has 4 amide bonds. The summed E-state index contributed by atoms with van der Waals surface area (Å²) in [6, 6.07) is 27.1. The molecule has 2 saturated heterocycles. The SMILES string of the molecule is C[C@H]1C2N(C(=O)CN(C)N2C(=O)NCc2ccccc2)[C@@H](Cc2ccc(OP(=O)([O-])[O-])cc2)C(=O)N1Cc1cccc2ccccc12.[Na+].[Na+]. The number of likely N-dealkylation sites (N-methyl/N-ethyl adjacent to an activating group) is 1. The number of fused-ring (bicyclic) bond motifs is 2. The smallest absolute Gasteiger partial charge is 0.780 e. The Kier molecular flexibility index (Phi) is 13.2. The van der Waals surface area contributed by atoms with Crippen LogP contribution >= 0.6 is 7.82 Å². The maximum Gasteiger partial charge on any atom is 1.00 e. The molecule has 2 fully saturated rings. The van der Waals surface area contributed by atoms with Gasteiger partial charge >= 0.3 is 65.1 Å². The standard InChI is InChI=1S/C34H36N5O7P.2Na/c1-23-32-38(31(40)22-36(2)39(32)34(42)35-20-25-9-4-3-5-10-25)30(19-24-15-17-28(18-16-24)46-47(43,44)45)33(41)37(23)21-27-13-8-12-26-11-6-7-14-29(26)27;;/h3-18,23,30,32H,19-22H2,1-2H3,(H,35,42)(H2,43,44,45);;/q;2*+1/p-2/t23-,30-,32?;;/m0../s1. The van der Waals surface area contributed by atoms with Crippen LogP contribution in [0.25, 0.3) is 10.8 Å². The molecule has 15 heteroatoms. The van der Waals surface area contributed by atoms with Gasteiger partial charge in [-0.25, -0.2) is 14.8 Å². The number of hydrogen-bond acceptors (Lipinski definition) is 8. The number of phosphoric acid groups is 1. The first-order valence-electron chi connectivity index (χ1n) is 15.2. The van der Waals surface area contributed by atoms with E-state index in [1.807, 2.05) is 79.7 Å². The molecular formula is C34H34N5Na2O7P. The van der Waals surface area contributed by atoms with Gasteiger partial charge in [0.25, 0.3) is 0 Å². The zero-order chi connectivity index (χ0) is 33.3. The third kappa shape index (κ3) is 8.77. The summed E-state index contributed by atoms with van der Waals surface area (Å²) >= 11 is 0. The molecule has 244 valence electrons. The van der Waals surface area contributed by atoms with Crippen LogP contribution in [0.3, 0.4) is 0 Å². The molecule has 0 aromatic heterocycles. The third-order valence-corrected chi connectivity index (χ3v) is 9.10. The van der Waals surface area contributed by atoms with Crippen LogP contribution in [-0.4, -0.2) is 69.5 Å². The average molecular weight is 702 g/mol. The molecule has 1 N–H and O–H groups in total. The molecule has 2 aliphatic rings. The zero-order valence-corrected chi connectivity index (χ0v) is 32.8. The first kappa shape index (κ1) is 39.1. The predicted octanol–water partition coefficient (Wildman–Crippen LogP) is -3.38. The average Bonchev–Trinajstić information content (AvgIpc) is 3.04. The van der Waals surface area contributed by atoms with Crippen LogP contribution in [0.15, 0.2) is 97.1 Å². The van der Waals surface area contributed by atoms with Crippen LogP contribution in [0.2, 0.25) is 0 Å². The summed E-state index contributed by atoms with van der Waals surface area (Å²) in [7, 11) is -3.58. The number of hydrogen-bond donors (Lipinski definition) is 1. The first-order valence-corrected chi connectivity index (χ1v) is 16.7. The molecule has 49 heavy (non-hydrogen) atoms. The van der Waals surface area contributed by atoms with Gasteiger partial charge in [-0.3, -0.25) is 9.59 Å². The molecule has 4 aromatic rings. The van der Waals surface area contributed by atoms with Crippen molar-refractivity contribution in [2.75, 3.05) is 13.6 Å². The number of benzene rings is 4. The van der Waals surface area contributed by atoms with Gasteiger partial charge < -0.3 is 34.0 Å². The van der Waals surface area contributed by atoms with Gasteiger partial charge in [0.2, 0.25) is 11.8 Å². The molecular weight excluding hydrogens is 667 g/mol. The molecule has 1 unspecified atom stereocenters. The summed E-state index contributed by atoms with van der Waals surface area (Å²) in [5, 5.41) is 8.09. The van der Waals surface area contributed by atoms with Gasteiger partial charge in [-0.05, 0) is 46.5 Å². The van der Waals surface area contributed by atoms with Crippen LogP contribution in [0.1, 0.15) is 23.6 Å². The molecule has 0 spiro atoms. The minimum atomic E-state index is -5.25. The Labute approximate surface area is 329 Å². The number of piperazine rings is 1. The monoisotopic (exact) mass is 701 g/mol. The van der Waals surface area contributed by atoms with Crippen LogP contribution in [0.5, 0.6) is 5.75 Å². The van der Waals surface area contributed by atoms with Crippen molar-refractivity contribution in [1.29, 1.82) is 0 Å². The fourth-order valence-electron chi connectivity index (χ4n) is 6.48. The quantitative estimate of drug-likeness (QED) is 0.148. The fourth-order valence-corrected chi connectivity index (χ4v) is 6.86. The van der Waals surface area contributed by atoms with Crippen molar-refractivity contribution in [3.8, 4) is 5.75 Å². The van der Waals surface area contributed by atoms with Gasteiger partial charge in [0.15, 0.2) is 0 Å². The molecule has 2 aliphatic heterocycles. The second kappa shape index (κ2) is 16.5. The largest absolute Gasteiger partial charge is 1.00 e. The van der Waals surface area contributed by atoms with E-state index in [1.165, 1.54) is 22.0 Å². The minimum Gasteiger partial charge on any atom is -0.780 e. The summed E-state index contributed by atoms with van der Waals surface area (Å²) < 4.78 is 15.6. The summed E-state index contributed by atoms with van der Waals surface area (Å²) in [6.07, 6.45) is -0.750. The van der Waals surface area contributed by atoms with E-state index in [-0.39, 0.29) is 103 Å². The van der Waals surface area contributed by atoms with Gasteiger partial charge in [-0.2, -0.15) is 0 Å². The van der Waals surface area contributed by atoms with Gasteiger partial charge in [0, 0.05) is 26.6 Å². The van der Waals surface area contributed by atoms with E-state index >= 15 is 0 Å². The Morgan fingerprint density at radius 3 is 2.24 bits per heavy atom. The molecule has 0 bridgehead atoms. The Balaban J connectivity index is 0.00000270. The molecule has 12 nitrogen and oxygen atoms in total. The number of hydrazine groups is 1. The maximum atomic E-state index is 14.5. The Hall–Kier alpha value is -2.74. The number of nitrogens with zero attached hydrogens (tertiary/aromatic N) is 4. The summed E-state index contributed by atoms with van der Waals surface area (Å²) in [6.45, 7) is 2.24. The van der Waals surface area contributed by atoms with Crippen molar-refractivity contribution in [2.45, 2.75) is 44.7 Å². The van der Waals surface area contributed by atoms with E-state index < -0.39 is 32.1 Å². The number of nitrogens with one attached hydrogen (secondary N) is 1. The number of rotatable bonds is 8. The Morgan fingerprint density at radius 1 is 0.898 bits per heavy atom. The number of phosphoric ester groups is 1. The van der Waals surface area contributed by atoms with Gasteiger partial charge in [0.05, 0.1) is 12.6 Å². The predicted molar refractivity (Wildman–Crippen MR) is 170 cm³/mol. The number of urea groups is 1. The molecule has 3 atom stereocenters. The molecule has 6 rings (SSSR count). The number of carbonyl (C=O) groups is 3.